The molecule has 0 heterocycles. The van der Waals surface area contributed by atoms with Crippen LogP contribution in [0.1, 0.15) is 6.92 Å². The first-order chi connectivity index (χ1) is 4.92. The third-order valence-corrected chi connectivity index (χ3v) is 2.13. The Hall–Kier alpha value is -0.523. The first kappa shape index (κ1) is 10.5. The van der Waals surface area contributed by atoms with Gasteiger partial charge in [0.2, 0.25) is 0 Å². The smallest absolute Gasteiger partial charge is 0.112 e. The van der Waals surface area contributed by atoms with Crippen LogP contribution in [-0.4, -0.2) is 19.3 Å². The summed E-state index contributed by atoms with van der Waals surface area (Å²) < 4.78 is 0. The van der Waals surface area contributed by atoms with Crippen LogP contribution >= 0.6 is 0 Å². The molecule has 0 aromatic heterocycles. The summed E-state index contributed by atoms with van der Waals surface area (Å²) in [6.07, 6.45) is 1.33. The van der Waals surface area contributed by atoms with Crippen LogP contribution in [0, 0.1) is 11.8 Å². The van der Waals surface area contributed by atoms with E-state index in [1.807, 2.05) is 6.08 Å². The summed E-state index contributed by atoms with van der Waals surface area (Å²) >= 11 is 0. The van der Waals surface area contributed by atoms with Crippen LogP contribution in [0.3, 0.4) is 0 Å². The molecule has 0 spiro atoms. The van der Waals surface area contributed by atoms with E-state index in [0.29, 0.717) is 0 Å². The number of aliphatic hydroxyl groups is 1. The minimum absolute atomic E-state index is 0.513. The Morgan fingerprint density at radius 3 is 2.27 bits per heavy atom. The lowest BCUT2D eigenvalue weighted by Crippen LogP contribution is -2.15. The second-order valence-corrected chi connectivity index (χ2v) is 8.73. The van der Waals surface area contributed by atoms with Gasteiger partial charge in [0.15, 0.2) is 0 Å². The quantitative estimate of drug-likeness (QED) is 0.467. The van der Waals surface area contributed by atoms with E-state index >= 15 is 0 Å². The zero-order valence-corrected chi connectivity index (χ0v) is 8.68. The standard InChI is InChI=1S/C9H16OSi/c1-9(10)7-5-6-8-11(2,3)4/h6,8-10H,1-4H3. The molecule has 0 fully saturated rings. The van der Waals surface area contributed by atoms with Gasteiger partial charge in [-0.05, 0) is 13.0 Å². The van der Waals surface area contributed by atoms with E-state index in [9.17, 15) is 0 Å². The highest BCUT2D eigenvalue weighted by molar-refractivity contribution is 6.81. The Bertz CT molecular complexity index is 188. The van der Waals surface area contributed by atoms with Crippen LogP contribution in [-0.2, 0) is 0 Å². The van der Waals surface area contributed by atoms with E-state index in [2.05, 4.69) is 37.2 Å². The van der Waals surface area contributed by atoms with Gasteiger partial charge in [-0.25, -0.2) is 0 Å². The Morgan fingerprint density at radius 1 is 1.36 bits per heavy atom. The lowest BCUT2D eigenvalue weighted by molar-refractivity contribution is 0.253. The molecule has 0 rings (SSSR count). The van der Waals surface area contributed by atoms with Crippen molar-refractivity contribution in [1.29, 1.82) is 0 Å². The molecular weight excluding hydrogens is 152 g/mol. The number of hydrogen-bond acceptors (Lipinski definition) is 1. The molecule has 1 unspecified atom stereocenters. The van der Waals surface area contributed by atoms with Crippen molar-refractivity contribution >= 4 is 8.07 Å². The average molecular weight is 168 g/mol. The predicted molar refractivity (Wildman–Crippen MR) is 51.9 cm³/mol. The average Bonchev–Trinajstić information content (AvgIpc) is 1.78. The topological polar surface area (TPSA) is 20.2 Å². The Morgan fingerprint density at radius 2 is 1.91 bits per heavy atom. The molecule has 0 aliphatic heterocycles. The lowest BCUT2D eigenvalue weighted by atomic mass is 10.4. The third kappa shape index (κ3) is 9.48. The number of aliphatic hydroxyl groups excluding tert-OH is 1. The monoisotopic (exact) mass is 168 g/mol. The molecule has 0 bridgehead atoms. The first-order valence-electron chi connectivity index (χ1n) is 3.78. The summed E-state index contributed by atoms with van der Waals surface area (Å²) in [5.74, 6) is 5.45. The van der Waals surface area contributed by atoms with Crippen molar-refractivity contribution in [2.75, 3.05) is 0 Å². The third-order valence-electron chi connectivity index (χ3n) is 0.959. The Labute approximate surface area is 70.1 Å². The second-order valence-electron chi connectivity index (χ2n) is 3.66. The van der Waals surface area contributed by atoms with Gasteiger partial charge < -0.3 is 5.11 Å². The maximum absolute atomic E-state index is 8.79. The highest BCUT2D eigenvalue weighted by Gasteiger charge is 2.05. The number of rotatable bonds is 1. The number of allylic oxidation sites excluding steroid dienone is 1. The van der Waals surface area contributed by atoms with Gasteiger partial charge in [-0.1, -0.05) is 37.2 Å². The van der Waals surface area contributed by atoms with Crippen LogP contribution in [0.25, 0.3) is 0 Å². The molecule has 0 aromatic carbocycles. The molecule has 62 valence electrons. The van der Waals surface area contributed by atoms with Gasteiger partial charge in [0, 0.05) is 0 Å². The van der Waals surface area contributed by atoms with Crippen molar-refractivity contribution in [2.24, 2.45) is 0 Å². The molecule has 0 saturated heterocycles. The zero-order valence-electron chi connectivity index (χ0n) is 7.68. The van der Waals surface area contributed by atoms with Crippen molar-refractivity contribution in [3.63, 3.8) is 0 Å². The van der Waals surface area contributed by atoms with Gasteiger partial charge in [-0.3, -0.25) is 0 Å². The van der Waals surface area contributed by atoms with Gasteiger partial charge in [0.1, 0.15) is 6.10 Å². The molecule has 0 amide bonds. The second kappa shape index (κ2) is 4.37. The SMILES string of the molecule is CC(O)C#CC=C[Si](C)(C)C. The van der Waals surface area contributed by atoms with E-state index in [-0.39, 0.29) is 0 Å². The molecule has 0 radical (unpaired) electrons. The van der Waals surface area contributed by atoms with Crippen LogP contribution in [0.5, 0.6) is 0 Å². The van der Waals surface area contributed by atoms with Gasteiger partial charge in [0.25, 0.3) is 0 Å². The molecule has 0 aliphatic carbocycles. The molecule has 2 heteroatoms. The largest absolute Gasteiger partial charge is 0.381 e. The Balaban J connectivity index is 3.90. The highest BCUT2D eigenvalue weighted by atomic mass is 28.3. The summed E-state index contributed by atoms with van der Waals surface area (Å²) in [6.45, 7) is 8.39. The minimum Gasteiger partial charge on any atom is -0.381 e. The van der Waals surface area contributed by atoms with Gasteiger partial charge in [0.05, 0.1) is 8.07 Å². The normalized spacial score (nSPS) is 14.3. The van der Waals surface area contributed by atoms with Gasteiger partial charge in [-0.15, -0.1) is 0 Å². The molecule has 1 N–H and O–H groups in total. The molecule has 0 aliphatic rings. The Kier molecular flexibility index (Phi) is 4.17. The van der Waals surface area contributed by atoms with Gasteiger partial charge in [-0.2, -0.15) is 0 Å². The van der Waals surface area contributed by atoms with E-state index in [0.717, 1.165) is 0 Å². The van der Waals surface area contributed by atoms with Crippen LogP contribution in [0.2, 0.25) is 19.6 Å². The summed E-state index contributed by atoms with van der Waals surface area (Å²) in [7, 11) is -1.09. The minimum atomic E-state index is -1.09. The molecule has 11 heavy (non-hydrogen) atoms. The van der Waals surface area contributed by atoms with Gasteiger partial charge >= 0.3 is 0 Å². The first-order valence-corrected chi connectivity index (χ1v) is 7.36. The molecular formula is C9H16OSi. The summed E-state index contributed by atoms with van der Waals surface area (Å²) in [5.41, 5.74) is 2.16. The summed E-state index contributed by atoms with van der Waals surface area (Å²) in [6, 6.07) is 0. The number of hydrogen-bond donors (Lipinski definition) is 1. The fourth-order valence-corrected chi connectivity index (χ4v) is 1.04. The van der Waals surface area contributed by atoms with E-state index in [1.54, 1.807) is 6.92 Å². The van der Waals surface area contributed by atoms with Crippen molar-refractivity contribution in [2.45, 2.75) is 32.7 Å². The van der Waals surface area contributed by atoms with Crippen LogP contribution in [0.4, 0.5) is 0 Å². The maximum Gasteiger partial charge on any atom is 0.112 e. The zero-order chi connectivity index (χ0) is 8.91. The van der Waals surface area contributed by atoms with E-state index in [4.69, 9.17) is 5.11 Å². The van der Waals surface area contributed by atoms with Crippen molar-refractivity contribution in [1.82, 2.24) is 0 Å². The summed E-state index contributed by atoms with van der Waals surface area (Å²) in [5, 5.41) is 8.79. The van der Waals surface area contributed by atoms with Crippen molar-refractivity contribution < 1.29 is 5.11 Å². The molecule has 1 atom stereocenters. The predicted octanol–water partition coefficient (Wildman–Crippen LogP) is 1.80. The van der Waals surface area contributed by atoms with Crippen molar-refractivity contribution in [3.8, 4) is 11.8 Å². The van der Waals surface area contributed by atoms with Crippen LogP contribution < -0.4 is 0 Å². The maximum atomic E-state index is 8.79. The highest BCUT2D eigenvalue weighted by Crippen LogP contribution is 2.00. The summed E-state index contributed by atoms with van der Waals surface area (Å²) in [4.78, 5) is 0. The fourth-order valence-electron chi connectivity index (χ4n) is 0.460. The molecule has 0 saturated carbocycles. The molecule has 0 aromatic rings. The van der Waals surface area contributed by atoms with E-state index in [1.165, 1.54) is 0 Å². The molecule has 1 nitrogen and oxygen atoms in total. The fraction of sp³-hybridized carbons (Fsp3) is 0.556. The lowest BCUT2D eigenvalue weighted by Gasteiger charge is -2.05. The van der Waals surface area contributed by atoms with E-state index < -0.39 is 14.2 Å². The van der Waals surface area contributed by atoms with Crippen molar-refractivity contribution in [3.05, 3.63) is 11.8 Å². The van der Waals surface area contributed by atoms with Crippen LogP contribution in [0.15, 0.2) is 11.8 Å².